The van der Waals surface area contributed by atoms with Gasteiger partial charge in [0.2, 0.25) is 0 Å². The highest BCUT2D eigenvalue weighted by atomic mass is 32.1. The summed E-state index contributed by atoms with van der Waals surface area (Å²) < 4.78 is 5.72. The standard InChI is InChI=1S/C14H23NOS/c1-10(2)12-9-15-14(17-12)13(16-3)11-7-5-4-6-8-11/h9-11,13H,4-8H2,1-3H3. The van der Waals surface area contributed by atoms with E-state index in [-0.39, 0.29) is 6.10 Å². The van der Waals surface area contributed by atoms with Gasteiger partial charge in [-0.2, -0.15) is 0 Å². The molecule has 0 bridgehead atoms. The van der Waals surface area contributed by atoms with E-state index in [0.717, 1.165) is 0 Å². The first kappa shape index (κ1) is 13.0. The zero-order valence-electron chi connectivity index (χ0n) is 11.1. The first-order chi connectivity index (χ1) is 8.22. The van der Waals surface area contributed by atoms with Gasteiger partial charge in [-0.3, -0.25) is 0 Å². The van der Waals surface area contributed by atoms with Crippen LogP contribution in [0.5, 0.6) is 0 Å². The third kappa shape index (κ3) is 3.08. The number of thiazole rings is 1. The molecule has 0 N–H and O–H groups in total. The van der Waals surface area contributed by atoms with Gasteiger partial charge in [0, 0.05) is 18.2 Å². The van der Waals surface area contributed by atoms with Crippen LogP contribution in [-0.4, -0.2) is 12.1 Å². The van der Waals surface area contributed by atoms with Gasteiger partial charge in [0.1, 0.15) is 11.1 Å². The topological polar surface area (TPSA) is 22.1 Å². The SMILES string of the molecule is COC(c1ncc(C(C)C)s1)C1CCCCC1. The number of methoxy groups -OCH3 is 1. The van der Waals surface area contributed by atoms with Crippen molar-refractivity contribution in [3.05, 3.63) is 16.1 Å². The Hall–Kier alpha value is -0.410. The van der Waals surface area contributed by atoms with Gasteiger partial charge in [-0.15, -0.1) is 11.3 Å². The van der Waals surface area contributed by atoms with Crippen LogP contribution in [0, 0.1) is 5.92 Å². The molecule has 1 fully saturated rings. The molecule has 3 heteroatoms. The second-order valence-corrected chi connectivity index (χ2v) is 6.40. The van der Waals surface area contributed by atoms with Crippen molar-refractivity contribution >= 4 is 11.3 Å². The largest absolute Gasteiger partial charge is 0.374 e. The number of ether oxygens (including phenoxy) is 1. The van der Waals surface area contributed by atoms with Crippen LogP contribution < -0.4 is 0 Å². The van der Waals surface area contributed by atoms with Gasteiger partial charge in [0.15, 0.2) is 0 Å². The van der Waals surface area contributed by atoms with Gasteiger partial charge in [-0.25, -0.2) is 4.98 Å². The minimum absolute atomic E-state index is 0.229. The lowest BCUT2D eigenvalue weighted by molar-refractivity contribution is 0.0352. The van der Waals surface area contributed by atoms with E-state index in [2.05, 4.69) is 18.8 Å². The second kappa shape index (κ2) is 5.96. The molecule has 2 rings (SSSR count). The molecule has 2 nitrogen and oxygen atoms in total. The highest BCUT2D eigenvalue weighted by molar-refractivity contribution is 7.11. The van der Waals surface area contributed by atoms with E-state index in [1.807, 2.05) is 24.6 Å². The molecule has 1 unspecified atom stereocenters. The molecule has 0 aromatic carbocycles. The minimum Gasteiger partial charge on any atom is -0.374 e. The van der Waals surface area contributed by atoms with Gasteiger partial charge >= 0.3 is 0 Å². The smallest absolute Gasteiger partial charge is 0.122 e. The van der Waals surface area contributed by atoms with Gasteiger partial charge in [-0.05, 0) is 24.7 Å². The Morgan fingerprint density at radius 3 is 2.53 bits per heavy atom. The molecule has 1 atom stereocenters. The summed E-state index contributed by atoms with van der Waals surface area (Å²) in [6, 6.07) is 0. The van der Waals surface area contributed by atoms with Gasteiger partial charge in [0.25, 0.3) is 0 Å². The third-order valence-electron chi connectivity index (χ3n) is 3.69. The van der Waals surface area contributed by atoms with Crippen molar-refractivity contribution in [2.24, 2.45) is 5.92 Å². The monoisotopic (exact) mass is 253 g/mol. The van der Waals surface area contributed by atoms with Crippen molar-refractivity contribution in [1.29, 1.82) is 0 Å². The Kier molecular flexibility index (Phi) is 4.57. The molecule has 1 aromatic rings. The molecule has 96 valence electrons. The molecule has 0 aliphatic heterocycles. The summed E-state index contributed by atoms with van der Waals surface area (Å²) in [6.07, 6.45) is 8.96. The third-order valence-corrected chi connectivity index (χ3v) is 5.05. The molecule has 0 spiro atoms. The van der Waals surface area contributed by atoms with Crippen molar-refractivity contribution in [1.82, 2.24) is 4.98 Å². The summed E-state index contributed by atoms with van der Waals surface area (Å²) in [5.41, 5.74) is 0. The van der Waals surface area contributed by atoms with Crippen LogP contribution in [0.15, 0.2) is 6.20 Å². The maximum absolute atomic E-state index is 5.72. The Labute approximate surface area is 108 Å². The summed E-state index contributed by atoms with van der Waals surface area (Å²) in [4.78, 5) is 5.95. The van der Waals surface area contributed by atoms with Crippen LogP contribution >= 0.6 is 11.3 Å². The number of aromatic nitrogens is 1. The summed E-state index contributed by atoms with van der Waals surface area (Å²) in [7, 11) is 1.83. The van der Waals surface area contributed by atoms with E-state index in [9.17, 15) is 0 Å². The number of nitrogens with zero attached hydrogens (tertiary/aromatic N) is 1. The highest BCUT2D eigenvalue weighted by Gasteiger charge is 2.27. The van der Waals surface area contributed by atoms with Crippen molar-refractivity contribution in [3.63, 3.8) is 0 Å². The van der Waals surface area contributed by atoms with Crippen LogP contribution in [0.1, 0.15) is 67.9 Å². The lowest BCUT2D eigenvalue weighted by Gasteiger charge is -2.27. The number of hydrogen-bond acceptors (Lipinski definition) is 3. The Morgan fingerprint density at radius 2 is 2.00 bits per heavy atom. The van der Waals surface area contributed by atoms with E-state index < -0.39 is 0 Å². The predicted molar refractivity (Wildman–Crippen MR) is 72.5 cm³/mol. The normalized spacial score (nSPS) is 19.8. The lowest BCUT2D eigenvalue weighted by Crippen LogP contribution is -2.17. The number of rotatable bonds is 4. The van der Waals surface area contributed by atoms with Crippen LogP contribution in [-0.2, 0) is 4.74 Å². The van der Waals surface area contributed by atoms with Crippen LogP contribution in [0.4, 0.5) is 0 Å². The molecule has 1 aromatic heterocycles. The maximum atomic E-state index is 5.72. The summed E-state index contributed by atoms with van der Waals surface area (Å²) in [5.74, 6) is 1.25. The minimum atomic E-state index is 0.229. The van der Waals surface area contributed by atoms with Gasteiger partial charge in [-0.1, -0.05) is 33.1 Å². The average Bonchev–Trinajstić information content (AvgIpc) is 2.81. The van der Waals surface area contributed by atoms with Crippen LogP contribution in [0.25, 0.3) is 0 Å². The molecule has 1 aliphatic rings. The fourth-order valence-electron chi connectivity index (χ4n) is 2.63. The molecule has 0 saturated heterocycles. The molecular formula is C14H23NOS. The quantitative estimate of drug-likeness (QED) is 0.786. The van der Waals surface area contributed by atoms with Crippen LogP contribution in [0.2, 0.25) is 0 Å². The summed E-state index contributed by atoms with van der Waals surface area (Å²) in [6.45, 7) is 4.44. The summed E-state index contributed by atoms with van der Waals surface area (Å²) in [5, 5.41) is 1.18. The van der Waals surface area contributed by atoms with Crippen molar-refractivity contribution in [3.8, 4) is 0 Å². The average molecular weight is 253 g/mol. The highest BCUT2D eigenvalue weighted by Crippen LogP contribution is 2.38. The zero-order chi connectivity index (χ0) is 12.3. The van der Waals surface area contributed by atoms with E-state index in [0.29, 0.717) is 11.8 Å². The molecular weight excluding hydrogens is 230 g/mol. The predicted octanol–water partition coefficient (Wildman–Crippen LogP) is 4.53. The zero-order valence-corrected chi connectivity index (χ0v) is 11.9. The molecule has 1 heterocycles. The second-order valence-electron chi connectivity index (χ2n) is 5.31. The van der Waals surface area contributed by atoms with Crippen molar-refractivity contribution in [2.45, 2.75) is 58.0 Å². The van der Waals surface area contributed by atoms with Crippen LogP contribution in [0.3, 0.4) is 0 Å². The summed E-state index contributed by atoms with van der Waals surface area (Å²) >= 11 is 1.83. The molecule has 17 heavy (non-hydrogen) atoms. The van der Waals surface area contributed by atoms with E-state index in [4.69, 9.17) is 4.74 Å². The Bertz CT molecular complexity index is 342. The Morgan fingerprint density at radius 1 is 1.29 bits per heavy atom. The van der Waals surface area contributed by atoms with Gasteiger partial charge < -0.3 is 4.74 Å². The lowest BCUT2D eigenvalue weighted by atomic mass is 9.85. The van der Waals surface area contributed by atoms with E-state index in [1.54, 1.807) is 0 Å². The van der Waals surface area contributed by atoms with Gasteiger partial charge in [0.05, 0.1) is 0 Å². The van der Waals surface area contributed by atoms with E-state index in [1.165, 1.54) is 42.0 Å². The fourth-order valence-corrected chi connectivity index (χ4v) is 3.72. The van der Waals surface area contributed by atoms with Crippen molar-refractivity contribution in [2.75, 3.05) is 7.11 Å². The number of hydrogen-bond donors (Lipinski definition) is 0. The molecule has 0 amide bonds. The van der Waals surface area contributed by atoms with Crippen molar-refractivity contribution < 1.29 is 4.74 Å². The first-order valence-electron chi connectivity index (χ1n) is 6.70. The van der Waals surface area contributed by atoms with E-state index >= 15 is 0 Å². The Balaban J connectivity index is 2.10. The first-order valence-corrected chi connectivity index (χ1v) is 7.52. The molecule has 0 radical (unpaired) electrons. The molecule has 1 aliphatic carbocycles. The molecule has 1 saturated carbocycles. The maximum Gasteiger partial charge on any atom is 0.122 e. The fraction of sp³-hybridized carbons (Fsp3) is 0.786.